The molecule has 0 atom stereocenters. The zero-order chi connectivity index (χ0) is 36.9. The second kappa shape index (κ2) is 18.0. The Morgan fingerprint density at radius 1 is 0.849 bits per heavy atom. The summed E-state index contributed by atoms with van der Waals surface area (Å²) >= 11 is 0. The van der Waals surface area contributed by atoms with Crippen LogP contribution < -0.4 is 49.9 Å². The Kier molecular flexibility index (Phi) is 14.4. The number of ketones is 1. The number of nitrogens with two attached hydrogens (primary N) is 1. The summed E-state index contributed by atoms with van der Waals surface area (Å²) in [5, 5.41) is 74.7. The fourth-order valence-electron chi connectivity index (χ4n) is 4.37. The number of amides is 1. The number of azo groups is 1. The summed E-state index contributed by atoms with van der Waals surface area (Å²) in [6.07, 6.45) is 3.12. The van der Waals surface area contributed by atoms with E-state index >= 15 is 0 Å². The van der Waals surface area contributed by atoms with Crippen molar-refractivity contribution in [3.63, 3.8) is 0 Å². The van der Waals surface area contributed by atoms with Gasteiger partial charge in [0.05, 0.1) is 33.4 Å². The topological polar surface area (TPSA) is 273 Å². The molecule has 21 heteroatoms. The van der Waals surface area contributed by atoms with Crippen LogP contribution in [0.1, 0.15) is 12.6 Å². The second-order valence-electron chi connectivity index (χ2n) is 10.5. The number of anilines is 1. The fraction of sp³-hybridized carbons (Fsp3) is 0.0625. The molecular weight excluding hydrogens is 766 g/mol. The van der Waals surface area contributed by atoms with Gasteiger partial charge in [0, 0.05) is 11.6 Å². The number of hydroxylamine groups is 2. The number of para-hydroxylation sites is 2. The molecule has 2 N–H and O–H groups in total. The maximum absolute atomic E-state index is 12.5. The van der Waals surface area contributed by atoms with Crippen LogP contribution in [-0.2, 0) is 36.4 Å². The third kappa shape index (κ3) is 10.0. The Hall–Kier alpha value is -5.16. The Bertz CT molecular complexity index is 2310. The van der Waals surface area contributed by atoms with Gasteiger partial charge in [0.15, 0.2) is 5.71 Å². The minimum Gasteiger partial charge on any atom is -0.871 e. The first-order valence-electron chi connectivity index (χ1n) is 14.5. The Balaban J connectivity index is 0.000000275. The third-order valence-corrected chi connectivity index (χ3v) is 7.82. The molecular formula is C32H24CoN10NaO8S. The van der Waals surface area contributed by atoms with Gasteiger partial charge in [-0.25, -0.2) is 18.2 Å². The number of hydrazone groups is 1. The summed E-state index contributed by atoms with van der Waals surface area (Å²) in [6, 6.07) is 20.6. The number of aromatic nitrogens is 2. The van der Waals surface area contributed by atoms with Crippen molar-refractivity contribution in [1.82, 2.24) is 15.0 Å². The monoisotopic (exact) mass is 790 g/mol. The van der Waals surface area contributed by atoms with E-state index in [4.69, 9.17) is 5.14 Å². The summed E-state index contributed by atoms with van der Waals surface area (Å²) in [4.78, 5) is 23.9. The Labute approximate surface area is 334 Å². The first-order valence-corrected chi connectivity index (χ1v) is 16.1. The van der Waals surface area contributed by atoms with Crippen LogP contribution in [0.5, 0.6) is 11.6 Å². The van der Waals surface area contributed by atoms with E-state index in [0.717, 1.165) is 36.4 Å². The summed E-state index contributed by atoms with van der Waals surface area (Å²) in [7, 11) is -3.99. The van der Waals surface area contributed by atoms with Crippen LogP contribution in [0.15, 0.2) is 133 Å². The number of hydrogen-bond acceptors (Lipinski definition) is 15. The number of aryl methyl sites for hydroxylation is 1. The Morgan fingerprint density at radius 2 is 1.47 bits per heavy atom. The molecule has 0 fully saturated rings. The molecule has 1 aliphatic carbocycles. The van der Waals surface area contributed by atoms with Crippen LogP contribution >= 0.6 is 0 Å². The van der Waals surface area contributed by atoms with Gasteiger partial charge in [-0.15, -0.1) is 15.3 Å². The van der Waals surface area contributed by atoms with Crippen LogP contribution in [0, 0.1) is 17.3 Å². The first kappa shape index (κ1) is 42.3. The predicted molar refractivity (Wildman–Crippen MR) is 182 cm³/mol. The maximum Gasteiger partial charge on any atom is 3.00 e. The number of sulfonamides is 1. The molecule has 1 aliphatic heterocycles. The Morgan fingerprint density at radius 3 is 2.08 bits per heavy atom. The smallest absolute Gasteiger partial charge is 0.871 e. The largest absolute Gasteiger partial charge is 3.00 e. The SMILES string of the molecule is CC1=NN(c2ccccc2)C(=O)C1=NN=C1C=C(N([O-])[O-])C=CC1=O.Cc1nn(-c2ccccc2)c([O-])c1N=Nc1cc(S(N)(=O)=O)ccc1[O-].[Co+3].[Na+]. The number of carbonyl (C=O) groups is 2. The number of allylic oxidation sites excluding steroid dienone is 3. The van der Waals surface area contributed by atoms with E-state index in [1.54, 1.807) is 68.4 Å². The molecule has 2 heterocycles. The van der Waals surface area contributed by atoms with Crippen LogP contribution in [0.4, 0.5) is 17.1 Å². The van der Waals surface area contributed by atoms with E-state index in [-0.39, 0.29) is 79.7 Å². The molecule has 0 saturated carbocycles. The average molecular weight is 791 g/mol. The number of hydrogen-bond donors (Lipinski definition) is 1. The van der Waals surface area contributed by atoms with Crippen LogP contribution in [0.3, 0.4) is 0 Å². The van der Waals surface area contributed by atoms with Gasteiger partial charge in [-0.1, -0.05) is 48.2 Å². The zero-order valence-electron chi connectivity index (χ0n) is 27.8. The van der Waals surface area contributed by atoms with Gasteiger partial charge in [-0.3, -0.25) is 9.59 Å². The van der Waals surface area contributed by atoms with Crippen molar-refractivity contribution in [2.45, 2.75) is 18.7 Å². The van der Waals surface area contributed by atoms with E-state index in [9.17, 15) is 38.6 Å². The number of rotatable bonds is 7. The van der Waals surface area contributed by atoms with Gasteiger partial charge in [0.1, 0.15) is 11.4 Å². The minimum absolute atomic E-state index is 0. The van der Waals surface area contributed by atoms with Gasteiger partial charge < -0.3 is 25.9 Å². The van der Waals surface area contributed by atoms with Crippen molar-refractivity contribution in [3.05, 3.63) is 119 Å². The third-order valence-electron chi connectivity index (χ3n) is 6.90. The standard InChI is InChI=1S/C16H15N5O4S.C16H11N5O4.Co.Na/c1-10-15(16(23)21(20-10)11-5-3-2-4-6-11)19-18-13-9-12(26(17,24)25)7-8-14(13)22;1-10-15(16(23)20(19-10)11-5-3-2-4-6-11)18-17-13-9-12(21(24)25)7-8-14(13)22;;/h2-9,22-23H,1H3,(H2,17,24,25);2-9H,1H3;;/q;-2;+3;+1/p-2. The molecule has 53 heavy (non-hydrogen) atoms. The van der Waals surface area contributed by atoms with Crippen molar-refractivity contribution < 1.29 is 74.6 Å². The van der Waals surface area contributed by atoms with Gasteiger partial charge in [-0.2, -0.15) is 20.3 Å². The van der Waals surface area contributed by atoms with Crippen molar-refractivity contribution in [2.24, 2.45) is 30.7 Å². The number of primary sulfonamides is 1. The molecule has 0 bridgehead atoms. The molecule has 1 amide bonds. The van der Waals surface area contributed by atoms with E-state index in [2.05, 4.69) is 30.6 Å². The molecule has 4 aromatic rings. The van der Waals surface area contributed by atoms with Gasteiger partial charge >= 0.3 is 52.2 Å². The van der Waals surface area contributed by atoms with Crippen molar-refractivity contribution >= 4 is 55.9 Å². The summed E-state index contributed by atoms with van der Waals surface area (Å²) < 4.78 is 23.9. The second-order valence-corrected chi connectivity index (χ2v) is 12.0. The van der Waals surface area contributed by atoms with Gasteiger partial charge in [-0.05, 0) is 68.5 Å². The van der Waals surface area contributed by atoms with Gasteiger partial charge in [0.25, 0.3) is 0 Å². The quantitative estimate of drug-likeness (QED) is 0.113. The molecule has 18 nitrogen and oxygen atoms in total. The van der Waals surface area contributed by atoms with Crippen molar-refractivity contribution in [2.75, 3.05) is 5.01 Å². The average Bonchev–Trinajstić information content (AvgIpc) is 3.56. The zero-order valence-corrected chi connectivity index (χ0v) is 31.7. The van der Waals surface area contributed by atoms with E-state index in [0.29, 0.717) is 22.8 Å². The molecule has 0 unspecified atom stereocenters. The van der Waals surface area contributed by atoms with Crippen LogP contribution in [-0.4, -0.2) is 52.3 Å². The van der Waals surface area contributed by atoms with E-state index in [1.807, 2.05) is 6.07 Å². The van der Waals surface area contributed by atoms with E-state index in [1.165, 1.54) is 9.69 Å². The molecule has 1 aromatic heterocycles. The van der Waals surface area contributed by atoms with Crippen LogP contribution in [0.25, 0.3) is 5.69 Å². The summed E-state index contributed by atoms with van der Waals surface area (Å²) in [6.45, 7) is 3.16. The molecule has 0 saturated heterocycles. The number of carbonyl (C=O) groups excluding carboxylic acids is 2. The normalized spacial score (nSPS) is 15.5. The summed E-state index contributed by atoms with van der Waals surface area (Å²) in [5.41, 5.74) is 0.938. The van der Waals surface area contributed by atoms with Crippen molar-refractivity contribution in [3.8, 4) is 17.3 Å². The predicted octanol–water partition coefficient (Wildman–Crippen LogP) is -0.0813. The first-order chi connectivity index (χ1) is 24.2. The number of benzene rings is 3. The van der Waals surface area contributed by atoms with Gasteiger partial charge in [0.2, 0.25) is 15.8 Å². The van der Waals surface area contributed by atoms with E-state index < -0.39 is 38.6 Å². The molecule has 0 radical (unpaired) electrons. The fourth-order valence-corrected chi connectivity index (χ4v) is 4.91. The molecule has 0 spiro atoms. The minimum atomic E-state index is -3.99. The molecule has 3 aromatic carbocycles. The summed E-state index contributed by atoms with van der Waals surface area (Å²) in [5.74, 6) is -2.09. The van der Waals surface area contributed by atoms with Crippen LogP contribution in [0.2, 0.25) is 0 Å². The molecule has 6 rings (SSSR count). The van der Waals surface area contributed by atoms with Crippen molar-refractivity contribution in [1.29, 1.82) is 0 Å². The molecule has 266 valence electrons. The maximum atomic E-state index is 12.5. The molecule has 2 aliphatic rings. The number of nitrogens with zero attached hydrogens (tertiary/aromatic N) is 9.